The average Bonchev–Trinajstić information content (AvgIpc) is 1.85. The Bertz CT molecular complexity index is 112. The number of hydrogen-bond acceptors (Lipinski definition) is 1. The summed E-state index contributed by atoms with van der Waals surface area (Å²) in [5.74, 6) is 0.374. The van der Waals surface area contributed by atoms with E-state index in [-0.39, 0.29) is 0 Å². The Kier molecular flexibility index (Phi) is 4.98. The Hall–Kier alpha value is -0.720. The number of hydrogen-bond donors (Lipinski definition) is 1. The average molecular weight is 126 g/mol. The summed E-state index contributed by atoms with van der Waals surface area (Å²) in [5.41, 5.74) is 0. The second-order valence-corrected chi connectivity index (χ2v) is 1.92. The number of aliphatic hydroxyl groups is 1. The van der Waals surface area contributed by atoms with Gasteiger partial charge in [-0.15, -0.1) is 0 Å². The van der Waals surface area contributed by atoms with Crippen molar-refractivity contribution in [3.63, 3.8) is 0 Å². The van der Waals surface area contributed by atoms with Crippen LogP contribution in [0.1, 0.15) is 26.7 Å². The molecule has 0 radical (unpaired) electrons. The van der Waals surface area contributed by atoms with Crippen molar-refractivity contribution >= 4 is 0 Å². The van der Waals surface area contributed by atoms with E-state index in [0.29, 0.717) is 5.76 Å². The summed E-state index contributed by atoms with van der Waals surface area (Å²) in [6.07, 6.45) is 7.37. The van der Waals surface area contributed by atoms with E-state index in [1.165, 1.54) is 0 Å². The maximum atomic E-state index is 8.95. The highest BCUT2D eigenvalue weighted by Gasteiger charge is 1.80. The van der Waals surface area contributed by atoms with Crippen molar-refractivity contribution in [2.24, 2.45) is 0 Å². The fourth-order valence-corrected chi connectivity index (χ4v) is 0.531. The minimum Gasteiger partial charge on any atom is -0.508 e. The van der Waals surface area contributed by atoms with Crippen molar-refractivity contribution in [2.45, 2.75) is 26.7 Å². The van der Waals surface area contributed by atoms with Crippen molar-refractivity contribution in [1.29, 1.82) is 0 Å². The van der Waals surface area contributed by atoms with Gasteiger partial charge in [0.25, 0.3) is 0 Å². The molecule has 1 nitrogen and oxygen atoms in total. The number of allylic oxidation sites excluding steroid dienone is 3. The van der Waals surface area contributed by atoms with Gasteiger partial charge in [-0.25, -0.2) is 0 Å². The zero-order valence-electron chi connectivity index (χ0n) is 6.09. The van der Waals surface area contributed by atoms with Gasteiger partial charge in [0.2, 0.25) is 0 Å². The first kappa shape index (κ1) is 8.28. The van der Waals surface area contributed by atoms with Crippen LogP contribution in [0.4, 0.5) is 0 Å². The van der Waals surface area contributed by atoms with E-state index in [2.05, 4.69) is 6.92 Å². The summed E-state index contributed by atoms with van der Waals surface area (Å²) in [4.78, 5) is 0. The van der Waals surface area contributed by atoms with Crippen LogP contribution >= 0.6 is 0 Å². The summed E-state index contributed by atoms with van der Waals surface area (Å²) in [5, 5.41) is 8.95. The summed E-state index contributed by atoms with van der Waals surface area (Å²) < 4.78 is 0. The van der Waals surface area contributed by atoms with Crippen molar-refractivity contribution < 1.29 is 5.11 Å². The van der Waals surface area contributed by atoms with E-state index >= 15 is 0 Å². The van der Waals surface area contributed by atoms with Crippen LogP contribution in [0.2, 0.25) is 0 Å². The molecule has 0 bridgehead atoms. The van der Waals surface area contributed by atoms with Gasteiger partial charge in [-0.1, -0.05) is 19.4 Å². The molecule has 0 aromatic rings. The van der Waals surface area contributed by atoms with Crippen LogP contribution in [0, 0.1) is 0 Å². The van der Waals surface area contributed by atoms with Crippen molar-refractivity contribution in [3.05, 3.63) is 24.0 Å². The van der Waals surface area contributed by atoms with E-state index in [9.17, 15) is 0 Å². The third-order valence-electron chi connectivity index (χ3n) is 0.980. The predicted octanol–water partition coefficient (Wildman–Crippen LogP) is 2.80. The third-order valence-corrected chi connectivity index (χ3v) is 0.980. The highest BCUT2D eigenvalue weighted by Crippen LogP contribution is 1.95. The fraction of sp³-hybridized carbons (Fsp3) is 0.500. The van der Waals surface area contributed by atoms with Gasteiger partial charge in [-0.3, -0.25) is 0 Å². The van der Waals surface area contributed by atoms with Crippen molar-refractivity contribution in [2.75, 3.05) is 0 Å². The summed E-state index contributed by atoms with van der Waals surface area (Å²) in [6, 6.07) is 0. The maximum Gasteiger partial charge on any atom is 0.111 e. The summed E-state index contributed by atoms with van der Waals surface area (Å²) in [6.45, 7) is 3.97. The molecule has 0 rings (SSSR count). The molecule has 0 amide bonds. The minimum atomic E-state index is 0.374. The quantitative estimate of drug-likeness (QED) is 0.455. The first-order valence-corrected chi connectivity index (χ1v) is 3.33. The van der Waals surface area contributed by atoms with Gasteiger partial charge < -0.3 is 5.11 Å². The Morgan fingerprint density at radius 1 is 1.56 bits per heavy atom. The molecular formula is C8H14O. The molecule has 9 heavy (non-hydrogen) atoms. The molecule has 1 N–H and O–H groups in total. The number of rotatable bonds is 3. The Balaban J connectivity index is 3.55. The smallest absolute Gasteiger partial charge is 0.111 e. The topological polar surface area (TPSA) is 20.2 Å². The van der Waals surface area contributed by atoms with Gasteiger partial charge in [0.05, 0.1) is 0 Å². The van der Waals surface area contributed by atoms with E-state index < -0.39 is 0 Å². The molecule has 0 saturated carbocycles. The monoisotopic (exact) mass is 126 g/mol. The second-order valence-electron chi connectivity index (χ2n) is 1.92. The van der Waals surface area contributed by atoms with E-state index in [1.54, 1.807) is 6.08 Å². The lowest BCUT2D eigenvalue weighted by Crippen LogP contribution is -1.72. The third kappa shape index (κ3) is 5.15. The lowest BCUT2D eigenvalue weighted by atomic mass is 10.3. The largest absolute Gasteiger partial charge is 0.508 e. The molecule has 52 valence electrons. The maximum absolute atomic E-state index is 8.95. The minimum absolute atomic E-state index is 0.374. The van der Waals surface area contributed by atoms with Crippen LogP contribution in [-0.4, -0.2) is 5.11 Å². The molecule has 0 spiro atoms. The lowest BCUT2D eigenvalue weighted by Gasteiger charge is -1.87. The standard InChI is InChI=1S/C8H14O/c1-3-5-7-8(9)6-4-2/h4,6-7,9H,3,5H2,1-2H3. The molecule has 0 aliphatic carbocycles. The van der Waals surface area contributed by atoms with Crippen LogP contribution in [0.3, 0.4) is 0 Å². The van der Waals surface area contributed by atoms with Gasteiger partial charge in [-0.2, -0.15) is 0 Å². The molecule has 0 atom stereocenters. The van der Waals surface area contributed by atoms with Crippen LogP contribution < -0.4 is 0 Å². The Morgan fingerprint density at radius 2 is 2.22 bits per heavy atom. The second kappa shape index (κ2) is 5.42. The molecule has 0 aromatic heterocycles. The molecule has 1 heteroatoms. The number of unbranched alkanes of at least 4 members (excludes halogenated alkanes) is 1. The Morgan fingerprint density at radius 3 is 2.67 bits per heavy atom. The number of aliphatic hydroxyl groups excluding tert-OH is 1. The van der Waals surface area contributed by atoms with Crippen molar-refractivity contribution in [1.82, 2.24) is 0 Å². The van der Waals surface area contributed by atoms with Gasteiger partial charge in [0.1, 0.15) is 5.76 Å². The molecule has 0 fully saturated rings. The van der Waals surface area contributed by atoms with Gasteiger partial charge in [0, 0.05) is 0 Å². The Labute approximate surface area is 56.7 Å². The summed E-state index contributed by atoms with van der Waals surface area (Å²) in [7, 11) is 0. The zero-order valence-corrected chi connectivity index (χ0v) is 6.09. The molecule has 0 aliphatic heterocycles. The first-order chi connectivity index (χ1) is 4.31. The highest BCUT2D eigenvalue weighted by molar-refractivity contribution is 5.08. The normalized spacial score (nSPS) is 12.9. The van der Waals surface area contributed by atoms with Gasteiger partial charge in [-0.05, 0) is 25.5 Å². The molecular weight excluding hydrogens is 112 g/mol. The molecule has 0 heterocycles. The molecule has 0 saturated heterocycles. The highest BCUT2D eigenvalue weighted by atomic mass is 16.3. The fourth-order valence-electron chi connectivity index (χ4n) is 0.531. The van der Waals surface area contributed by atoms with Gasteiger partial charge in [0.15, 0.2) is 0 Å². The van der Waals surface area contributed by atoms with Crippen LogP contribution in [0.15, 0.2) is 24.0 Å². The van der Waals surface area contributed by atoms with Crippen LogP contribution in [-0.2, 0) is 0 Å². The summed E-state index contributed by atoms with van der Waals surface area (Å²) >= 11 is 0. The van der Waals surface area contributed by atoms with Gasteiger partial charge >= 0.3 is 0 Å². The lowest BCUT2D eigenvalue weighted by molar-refractivity contribution is 0.429. The molecule has 0 aliphatic rings. The van der Waals surface area contributed by atoms with E-state index in [4.69, 9.17) is 5.11 Å². The van der Waals surface area contributed by atoms with Crippen LogP contribution in [0.25, 0.3) is 0 Å². The SMILES string of the molecule is CC=CC(O)=CCCC. The van der Waals surface area contributed by atoms with Crippen molar-refractivity contribution in [3.8, 4) is 0 Å². The predicted molar refractivity (Wildman–Crippen MR) is 40.4 cm³/mol. The molecule has 0 aromatic carbocycles. The van der Waals surface area contributed by atoms with Crippen LogP contribution in [0.5, 0.6) is 0 Å². The van der Waals surface area contributed by atoms with E-state index in [0.717, 1.165) is 12.8 Å². The zero-order chi connectivity index (χ0) is 7.11. The molecule has 0 unspecified atom stereocenters. The first-order valence-electron chi connectivity index (χ1n) is 3.33. The van der Waals surface area contributed by atoms with E-state index in [1.807, 2.05) is 19.1 Å².